The number of rotatable bonds is 21. The summed E-state index contributed by atoms with van der Waals surface area (Å²) in [4.78, 5) is 17.7. The third kappa shape index (κ3) is 12.2. The van der Waals surface area contributed by atoms with Gasteiger partial charge in [-0.25, -0.2) is 0 Å². The zero-order valence-electron chi connectivity index (χ0n) is 36.6. The number of aryl methyl sites for hydroxylation is 2. The van der Waals surface area contributed by atoms with Crippen LogP contribution in [-0.4, -0.2) is 98.8 Å². The van der Waals surface area contributed by atoms with Gasteiger partial charge in [0.15, 0.2) is 5.16 Å². The van der Waals surface area contributed by atoms with Gasteiger partial charge in [-0.05, 0) is 101 Å². The zero-order valence-corrected chi connectivity index (χ0v) is 39.0. The minimum atomic E-state index is -4.43. The van der Waals surface area contributed by atoms with Crippen LogP contribution in [0.5, 0.6) is 11.5 Å². The molecular formula is C41H51N11O9S3. The quantitative estimate of drug-likeness (QED) is 0.0261. The molecule has 0 spiro atoms. The Morgan fingerprint density at radius 2 is 1.00 bits per heavy atom. The van der Waals surface area contributed by atoms with E-state index in [4.69, 9.17) is 14.5 Å². The Bertz CT molecular complexity index is 2570. The summed E-state index contributed by atoms with van der Waals surface area (Å²) in [6.45, 7) is 13.8. The number of methoxy groups -OCH3 is 2. The first kappa shape index (κ1) is 49.0. The fraction of sp³-hybridized carbons (Fsp3) is 0.341. The molecule has 0 unspecified atom stereocenters. The Hall–Kier alpha value is -5.98. The van der Waals surface area contributed by atoms with Crippen LogP contribution in [0.15, 0.2) is 96.1 Å². The number of aliphatic hydroxyl groups excluding tert-OH is 1. The lowest BCUT2D eigenvalue weighted by molar-refractivity contribution is 0.322. The summed E-state index contributed by atoms with van der Waals surface area (Å²) in [5.74, 6) is 1.47. The van der Waals surface area contributed by atoms with Crippen molar-refractivity contribution in [3.8, 4) is 11.5 Å². The van der Waals surface area contributed by atoms with Gasteiger partial charge in [0.1, 0.15) is 22.9 Å². The zero-order chi connectivity index (χ0) is 46.8. The van der Waals surface area contributed by atoms with Crippen molar-refractivity contribution in [1.82, 2.24) is 15.0 Å². The maximum absolute atomic E-state index is 11.8. The molecule has 0 aliphatic carbocycles. The molecule has 1 aromatic heterocycles. The summed E-state index contributed by atoms with van der Waals surface area (Å²) < 4.78 is 77.7. The molecule has 5 rings (SSSR count). The second-order valence-electron chi connectivity index (χ2n) is 13.8. The van der Waals surface area contributed by atoms with Gasteiger partial charge in [0.2, 0.25) is 11.9 Å². The molecular weight excluding hydrogens is 887 g/mol. The van der Waals surface area contributed by atoms with Crippen molar-refractivity contribution in [2.45, 2.75) is 56.5 Å². The van der Waals surface area contributed by atoms with E-state index < -0.39 is 20.2 Å². The highest BCUT2D eigenvalue weighted by molar-refractivity contribution is 7.99. The molecule has 64 heavy (non-hydrogen) atoms. The van der Waals surface area contributed by atoms with E-state index in [-0.39, 0.29) is 39.2 Å². The average Bonchev–Trinajstić information content (AvgIpc) is 3.25. The second kappa shape index (κ2) is 21.6. The molecule has 0 saturated heterocycles. The molecule has 1 heterocycles. The van der Waals surface area contributed by atoms with Crippen LogP contribution in [0.3, 0.4) is 0 Å². The number of thioether (sulfide) groups is 1. The number of hydrogen-bond acceptors (Lipinski definition) is 19. The van der Waals surface area contributed by atoms with Gasteiger partial charge in [-0.15, -0.1) is 10.2 Å². The van der Waals surface area contributed by atoms with Crippen LogP contribution in [-0.2, 0) is 20.2 Å². The van der Waals surface area contributed by atoms with Crippen molar-refractivity contribution in [1.29, 1.82) is 0 Å². The predicted molar refractivity (Wildman–Crippen MR) is 248 cm³/mol. The third-order valence-electron chi connectivity index (χ3n) is 9.70. The minimum Gasteiger partial charge on any atom is -0.494 e. The number of nitrogens with one attached hydrogen (secondary N) is 2. The molecule has 0 aliphatic rings. The summed E-state index contributed by atoms with van der Waals surface area (Å²) in [6, 6.07) is 15.0. The monoisotopic (exact) mass is 937 g/mol. The van der Waals surface area contributed by atoms with Gasteiger partial charge in [-0.2, -0.15) is 42.0 Å². The Morgan fingerprint density at radius 1 is 0.609 bits per heavy atom. The van der Waals surface area contributed by atoms with Crippen molar-refractivity contribution >= 4 is 89.4 Å². The van der Waals surface area contributed by atoms with E-state index in [2.05, 4.69) is 50.9 Å². The molecule has 0 fully saturated rings. The van der Waals surface area contributed by atoms with Gasteiger partial charge in [0.25, 0.3) is 20.2 Å². The first-order chi connectivity index (χ1) is 30.5. The van der Waals surface area contributed by atoms with Crippen molar-refractivity contribution in [3.05, 3.63) is 71.8 Å². The Kier molecular flexibility index (Phi) is 16.6. The van der Waals surface area contributed by atoms with Crippen molar-refractivity contribution in [2.24, 2.45) is 20.5 Å². The van der Waals surface area contributed by atoms with Crippen LogP contribution in [0.25, 0.3) is 0 Å². The smallest absolute Gasteiger partial charge is 0.294 e. The van der Waals surface area contributed by atoms with E-state index in [0.29, 0.717) is 82.9 Å². The number of benzene rings is 4. The number of aliphatic hydroxyl groups is 1. The molecule has 23 heteroatoms. The molecule has 4 aromatic carbocycles. The van der Waals surface area contributed by atoms with Crippen LogP contribution in [0.4, 0.5) is 57.4 Å². The van der Waals surface area contributed by atoms with E-state index in [0.717, 1.165) is 11.4 Å². The van der Waals surface area contributed by atoms with E-state index in [1.54, 1.807) is 40.2 Å². The van der Waals surface area contributed by atoms with Crippen molar-refractivity contribution in [3.63, 3.8) is 0 Å². The van der Waals surface area contributed by atoms with Crippen molar-refractivity contribution < 1.29 is 40.5 Å². The fourth-order valence-electron chi connectivity index (χ4n) is 6.36. The summed E-state index contributed by atoms with van der Waals surface area (Å²) in [5.41, 5.74) is 4.55. The molecule has 0 saturated carbocycles. The second-order valence-corrected chi connectivity index (χ2v) is 17.7. The molecule has 0 aliphatic heterocycles. The van der Waals surface area contributed by atoms with E-state index >= 15 is 0 Å². The van der Waals surface area contributed by atoms with Crippen molar-refractivity contribution in [2.75, 3.05) is 73.2 Å². The van der Waals surface area contributed by atoms with E-state index in [1.807, 2.05) is 39.8 Å². The van der Waals surface area contributed by atoms with Crippen LogP contribution < -0.4 is 29.9 Å². The molecule has 20 nitrogen and oxygen atoms in total. The van der Waals surface area contributed by atoms with Gasteiger partial charge in [0, 0.05) is 44.1 Å². The number of nitrogens with zero attached hydrogens (tertiary/aromatic N) is 9. The lowest BCUT2D eigenvalue weighted by atomic mass is 10.2. The highest BCUT2D eigenvalue weighted by atomic mass is 32.2. The van der Waals surface area contributed by atoms with Gasteiger partial charge >= 0.3 is 0 Å². The summed E-state index contributed by atoms with van der Waals surface area (Å²) in [6.07, 6.45) is 0. The maximum Gasteiger partial charge on any atom is 0.294 e. The highest BCUT2D eigenvalue weighted by Crippen LogP contribution is 2.43. The molecule has 0 bridgehead atoms. The number of azo groups is 2. The van der Waals surface area contributed by atoms with E-state index in [9.17, 15) is 31.0 Å². The lowest BCUT2D eigenvalue weighted by Gasteiger charge is -2.25. The number of ether oxygens (including phenoxy) is 2. The van der Waals surface area contributed by atoms with E-state index in [1.165, 1.54) is 48.2 Å². The fourth-order valence-corrected chi connectivity index (χ4v) is 8.07. The standard InChI is InChI=1S/C41H51N11O9S3/c1-9-51(10-2)35-21-31(33(23-37(35)60-7)49-47-29-15-13-27(19-25(29)5)63(54,55)56)42-39-44-40(46-41(45-39)62-18-17-53)43-32-22-36(52(11-3)12-4)38(61-8)24-34(32)50-48-30-16-14-28(20-26(30)6)64(57,58)59/h13-16,19-24,53H,9-12,17-18H2,1-8H3,(H,54,55,56)(H,57,58,59)(H2,42,43,44,45,46). The number of aromatic nitrogens is 3. The lowest BCUT2D eigenvalue weighted by Crippen LogP contribution is -2.22. The van der Waals surface area contributed by atoms with Gasteiger partial charge < -0.3 is 35.0 Å². The van der Waals surface area contributed by atoms with Crippen LogP contribution in [0.1, 0.15) is 38.8 Å². The molecule has 342 valence electrons. The largest absolute Gasteiger partial charge is 0.494 e. The Balaban J connectivity index is 1.65. The predicted octanol–water partition coefficient (Wildman–Crippen LogP) is 9.09. The summed E-state index contributed by atoms with van der Waals surface area (Å²) >= 11 is 1.19. The normalized spacial score (nSPS) is 11.9. The summed E-state index contributed by atoms with van der Waals surface area (Å²) in [5, 5.41) is 34.5. The van der Waals surface area contributed by atoms with Gasteiger partial charge in [-0.3, -0.25) is 9.11 Å². The average molecular weight is 938 g/mol. The van der Waals surface area contributed by atoms with Gasteiger partial charge in [-0.1, -0.05) is 11.8 Å². The molecule has 0 amide bonds. The number of anilines is 6. The highest BCUT2D eigenvalue weighted by Gasteiger charge is 2.20. The molecule has 0 radical (unpaired) electrons. The van der Waals surface area contributed by atoms with Crippen LogP contribution in [0.2, 0.25) is 0 Å². The topological polar surface area (TPSA) is 266 Å². The maximum atomic E-state index is 11.8. The SMILES string of the molecule is CCN(CC)c1cc(Nc2nc(Nc3cc(N(CC)CC)c(OC)cc3N=Nc3ccc(S(=O)(=O)O)cc3C)nc(SCCO)n2)c(N=Nc2ccc(S(=O)(=O)O)cc2C)cc1OC. The third-order valence-corrected chi connectivity index (χ3v) is 12.2. The minimum absolute atomic E-state index is 0.0916. The number of hydrogen-bond donors (Lipinski definition) is 5. The first-order valence-electron chi connectivity index (χ1n) is 19.9. The molecule has 5 N–H and O–H groups in total. The Morgan fingerprint density at radius 3 is 1.33 bits per heavy atom. The van der Waals surface area contributed by atoms with Crippen LogP contribution >= 0.6 is 11.8 Å². The Labute approximate surface area is 376 Å². The molecule has 5 aromatic rings. The van der Waals surface area contributed by atoms with Crippen LogP contribution in [0, 0.1) is 13.8 Å². The summed E-state index contributed by atoms with van der Waals surface area (Å²) in [7, 11) is -5.77. The molecule has 0 atom stereocenters. The van der Waals surface area contributed by atoms with Gasteiger partial charge in [0.05, 0.1) is 64.7 Å². The first-order valence-corrected chi connectivity index (χ1v) is 23.8.